The Balaban J connectivity index is 1.94. The molecule has 0 bridgehead atoms. The SMILES string of the molecule is NCCCS(=O)(=O)N1CCN2CCCCC2C1. The maximum atomic E-state index is 12.1. The molecule has 2 N–H and O–H groups in total. The van der Waals surface area contributed by atoms with Crippen LogP contribution in [-0.4, -0.2) is 62.1 Å². The maximum absolute atomic E-state index is 12.1. The molecule has 0 aromatic rings. The highest BCUT2D eigenvalue weighted by Crippen LogP contribution is 2.22. The van der Waals surface area contributed by atoms with Crippen LogP contribution in [0, 0.1) is 0 Å². The molecule has 0 aliphatic carbocycles. The summed E-state index contributed by atoms with van der Waals surface area (Å²) < 4.78 is 25.8. The van der Waals surface area contributed by atoms with Crippen LogP contribution in [0.3, 0.4) is 0 Å². The zero-order chi connectivity index (χ0) is 12.3. The number of nitrogens with two attached hydrogens (primary N) is 1. The summed E-state index contributed by atoms with van der Waals surface area (Å²) in [5.41, 5.74) is 5.38. The lowest BCUT2D eigenvalue weighted by atomic mass is 10.0. The molecule has 100 valence electrons. The highest BCUT2D eigenvalue weighted by atomic mass is 32.2. The molecule has 5 nitrogen and oxygen atoms in total. The van der Waals surface area contributed by atoms with Gasteiger partial charge in [-0.15, -0.1) is 0 Å². The van der Waals surface area contributed by atoms with E-state index >= 15 is 0 Å². The third-order valence-electron chi connectivity index (χ3n) is 3.80. The van der Waals surface area contributed by atoms with Gasteiger partial charge in [0.25, 0.3) is 0 Å². The molecule has 0 spiro atoms. The van der Waals surface area contributed by atoms with Gasteiger partial charge in [-0.05, 0) is 32.4 Å². The summed E-state index contributed by atoms with van der Waals surface area (Å²) in [5.74, 6) is 0.205. The first-order chi connectivity index (χ1) is 8.13. The zero-order valence-electron chi connectivity index (χ0n) is 10.3. The average Bonchev–Trinajstić information content (AvgIpc) is 2.36. The van der Waals surface area contributed by atoms with Crippen LogP contribution in [0.25, 0.3) is 0 Å². The Morgan fingerprint density at radius 3 is 2.76 bits per heavy atom. The predicted molar refractivity (Wildman–Crippen MR) is 68.2 cm³/mol. The number of piperazine rings is 1. The third-order valence-corrected chi connectivity index (χ3v) is 5.72. The first-order valence-electron chi connectivity index (χ1n) is 6.55. The molecule has 6 heteroatoms. The minimum Gasteiger partial charge on any atom is -0.330 e. The van der Waals surface area contributed by atoms with Crippen LogP contribution in [0.4, 0.5) is 0 Å². The van der Waals surface area contributed by atoms with Crippen LogP contribution in [-0.2, 0) is 10.0 Å². The second-order valence-electron chi connectivity index (χ2n) is 5.00. The van der Waals surface area contributed by atoms with Crippen molar-refractivity contribution in [1.29, 1.82) is 0 Å². The molecule has 0 radical (unpaired) electrons. The molecule has 0 aromatic carbocycles. The van der Waals surface area contributed by atoms with E-state index in [-0.39, 0.29) is 5.75 Å². The average molecular weight is 261 g/mol. The quantitative estimate of drug-likeness (QED) is 0.763. The highest BCUT2D eigenvalue weighted by molar-refractivity contribution is 7.89. The molecule has 2 rings (SSSR count). The Labute approximate surface area is 104 Å². The fourth-order valence-corrected chi connectivity index (χ4v) is 4.32. The van der Waals surface area contributed by atoms with E-state index in [0.29, 0.717) is 32.1 Å². The highest BCUT2D eigenvalue weighted by Gasteiger charge is 2.33. The number of hydrogen-bond acceptors (Lipinski definition) is 4. The number of fused-ring (bicyclic) bond motifs is 1. The summed E-state index contributed by atoms with van der Waals surface area (Å²) in [7, 11) is -3.07. The fraction of sp³-hybridized carbons (Fsp3) is 1.00. The Hall–Kier alpha value is -0.170. The molecule has 2 heterocycles. The summed E-state index contributed by atoms with van der Waals surface area (Å²) in [6, 6.07) is 0.449. The van der Waals surface area contributed by atoms with Gasteiger partial charge < -0.3 is 5.73 Å². The van der Waals surface area contributed by atoms with E-state index in [0.717, 1.165) is 19.5 Å². The van der Waals surface area contributed by atoms with E-state index in [4.69, 9.17) is 5.73 Å². The lowest BCUT2D eigenvalue weighted by Crippen LogP contribution is -2.56. The first kappa shape index (κ1) is 13.3. The van der Waals surface area contributed by atoms with Gasteiger partial charge in [0.2, 0.25) is 10.0 Å². The molecule has 2 fully saturated rings. The van der Waals surface area contributed by atoms with Crippen molar-refractivity contribution in [3.8, 4) is 0 Å². The van der Waals surface area contributed by atoms with Crippen LogP contribution in [0.2, 0.25) is 0 Å². The molecule has 2 saturated heterocycles. The van der Waals surface area contributed by atoms with Gasteiger partial charge in [0, 0.05) is 25.7 Å². The normalized spacial score (nSPS) is 27.9. The predicted octanol–water partition coefficient (Wildman–Crippen LogP) is -0.165. The van der Waals surface area contributed by atoms with E-state index in [1.54, 1.807) is 4.31 Å². The van der Waals surface area contributed by atoms with Gasteiger partial charge >= 0.3 is 0 Å². The second kappa shape index (κ2) is 5.65. The van der Waals surface area contributed by atoms with Gasteiger partial charge in [0.05, 0.1) is 5.75 Å². The van der Waals surface area contributed by atoms with E-state index in [1.165, 1.54) is 12.8 Å². The van der Waals surface area contributed by atoms with Crippen LogP contribution in [0.15, 0.2) is 0 Å². The van der Waals surface area contributed by atoms with Crippen molar-refractivity contribution in [2.45, 2.75) is 31.7 Å². The summed E-state index contributed by atoms with van der Waals surface area (Å²) in [6.07, 6.45) is 4.20. The van der Waals surface area contributed by atoms with Gasteiger partial charge in [-0.3, -0.25) is 4.90 Å². The van der Waals surface area contributed by atoms with E-state index in [1.807, 2.05) is 0 Å². The van der Waals surface area contributed by atoms with Crippen molar-refractivity contribution in [1.82, 2.24) is 9.21 Å². The summed E-state index contributed by atoms with van der Waals surface area (Å²) in [4.78, 5) is 2.44. The largest absolute Gasteiger partial charge is 0.330 e. The summed E-state index contributed by atoms with van der Waals surface area (Å²) in [5, 5.41) is 0. The number of nitrogens with zero attached hydrogens (tertiary/aromatic N) is 2. The third kappa shape index (κ3) is 3.19. The van der Waals surface area contributed by atoms with E-state index < -0.39 is 10.0 Å². The fourth-order valence-electron chi connectivity index (χ4n) is 2.77. The van der Waals surface area contributed by atoms with Crippen LogP contribution >= 0.6 is 0 Å². The molecular weight excluding hydrogens is 238 g/mol. The zero-order valence-corrected chi connectivity index (χ0v) is 11.2. The Morgan fingerprint density at radius 2 is 2.00 bits per heavy atom. The Bertz CT molecular complexity index is 345. The maximum Gasteiger partial charge on any atom is 0.214 e. The first-order valence-corrected chi connectivity index (χ1v) is 8.16. The van der Waals surface area contributed by atoms with Crippen LogP contribution < -0.4 is 5.73 Å². The van der Waals surface area contributed by atoms with Crippen molar-refractivity contribution < 1.29 is 8.42 Å². The Morgan fingerprint density at radius 1 is 1.18 bits per heavy atom. The lowest BCUT2D eigenvalue weighted by Gasteiger charge is -2.43. The van der Waals surface area contributed by atoms with Crippen LogP contribution in [0.5, 0.6) is 0 Å². The van der Waals surface area contributed by atoms with Crippen molar-refractivity contribution in [3.05, 3.63) is 0 Å². The van der Waals surface area contributed by atoms with Crippen molar-refractivity contribution in [3.63, 3.8) is 0 Å². The van der Waals surface area contributed by atoms with Gasteiger partial charge in [-0.2, -0.15) is 4.31 Å². The van der Waals surface area contributed by atoms with Crippen molar-refractivity contribution in [2.75, 3.05) is 38.5 Å². The minimum absolute atomic E-state index is 0.205. The minimum atomic E-state index is -3.07. The molecule has 2 aliphatic heterocycles. The van der Waals surface area contributed by atoms with Gasteiger partial charge in [-0.25, -0.2) is 8.42 Å². The second-order valence-corrected chi connectivity index (χ2v) is 7.09. The Kier molecular flexibility index (Phi) is 4.41. The van der Waals surface area contributed by atoms with Gasteiger partial charge in [0.15, 0.2) is 0 Å². The molecule has 0 saturated carbocycles. The van der Waals surface area contributed by atoms with E-state index in [9.17, 15) is 8.42 Å². The number of piperidine rings is 1. The standard InChI is InChI=1S/C11H23N3O2S/c12-5-3-9-17(15,16)14-8-7-13-6-2-1-4-11(13)10-14/h11H,1-10,12H2. The topological polar surface area (TPSA) is 66.6 Å². The lowest BCUT2D eigenvalue weighted by molar-refractivity contribution is 0.0852. The van der Waals surface area contributed by atoms with Crippen molar-refractivity contribution >= 4 is 10.0 Å². The number of sulfonamides is 1. The van der Waals surface area contributed by atoms with Gasteiger partial charge in [0.1, 0.15) is 0 Å². The summed E-state index contributed by atoms with van der Waals surface area (Å²) >= 11 is 0. The molecule has 1 atom stereocenters. The van der Waals surface area contributed by atoms with Crippen LogP contribution in [0.1, 0.15) is 25.7 Å². The molecule has 1 unspecified atom stereocenters. The van der Waals surface area contributed by atoms with Crippen molar-refractivity contribution in [2.24, 2.45) is 5.73 Å². The number of rotatable bonds is 4. The molecular formula is C11H23N3O2S. The molecule has 0 amide bonds. The van der Waals surface area contributed by atoms with Gasteiger partial charge in [-0.1, -0.05) is 6.42 Å². The smallest absolute Gasteiger partial charge is 0.214 e. The monoisotopic (exact) mass is 261 g/mol. The summed E-state index contributed by atoms with van der Waals surface area (Å²) in [6.45, 7) is 3.83. The molecule has 0 aromatic heterocycles. The molecule has 17 heavy (non-hydrogen) atoms. The van der Waals surface area contributed by atoms with E-state index in [2.05, 4.69) is 4.90 Å². The molecule has 2 aliphatic rings. The number of hydrogen-bond donors (Lipinski definition) is 1.